The van der Waals surface area contributed by atoms with Gasteiger partial charge in [0.1, 0.15) is 5.75 Å². The van der Waals surface area contributed by atoms with E-state index in [1.807, 2.05) is 23.1 Å². The quantitative estimate of drug-likeness (QED) is 0.912. The van der Waals surface area contributed by atoms with Gasteiger partial charge in [-0.25, -0.2) is 0 Å². The summed E-state index contributed by atoms with van der Waals surface area (Å²) in [5.41, 5.74) is 1.10. The third-order valence-corrected chi connectivity index (χ3v) is 4.22. The highest BCUT2D eigenvalue weighted by Gasteiger charge is 2.33. The van der Waals surface area contributed by atoms with E-state index in [-0.39, 0.29) is 6.04 Å². The number of methoxy groups -OCH3 is 1. The summed E-state index contributed by atoms with van der Waals surface area (Å²) >= 11 is 0. The smallest absolute Gasteiger partial charge is 0.223 e. The molecule has 1 aliphatic carbocycles. The molecular formula is C16H22N2O2. The number of para-hydroxylation sites is 1. The van der Waals surface area contributed by atoms with Gasteiger partial charge in [-0.15, -0.1) is 0 Å². The van der Waals surface area contributed by atoms with Crippen molar-refractivity contribution in [2.24, 2.45) is 5.92 Å². The van der Waals surface area contributed by atoms with Crippen LogP contribution in [0.3, 0.4) is 0 Å². The molecule has 108 valence electrons. The number of hydrogen-bond acceptors (Lipinski definition) is 3. The fourth-order valence-corrected chi connectivity index (χ4v) is 2.91. The van der Waals surface area contributed by atoms with Crippen LogP contribution in [0, 0.1) is 5.92 Å². The monoisotopic (exact) mass is 274 g/mol. The van der Waals surface area contributed by atoms with Crippen molar-refractivity contribution < 1.29 is 9.53 Å². The van der Waals surface area contributed by atoms with Gasteiger partial charge in [0.05, 0.1) is 13.2 Å². The van der Waals surface area contributed by atoms with E-state index in [0.717, 1.165) is 30.9 Å². The molecule has 1 aromatic carbocycles. The first-order chi connectivity index (χ1) is 9.79. The maximum atomic E-state index is 12.5. The second-order valence-electron chi connectivity index (χ2n) is 5.70. The van der Waals surface area contributed by atoms with Gasteiger partial charge in [-0.05, 0) is 24.8 Å². The average Bonchev–Trinajstić information content (AvgIpc) is 3.31. The molecule has 1 heterocycles. The lowest BCUT2D eigenvalue weighted by Gasteiger charge is -2.37. The highest BCUT2D eigenvalue weighted by Crippen LogP contribution is 2.35. The summed E-state index contributed by atoms with van der Waals surface area (Å²) in [6.07, 6.45) is 3.15. The number of nitrogens with one attached hydrogen (secondary N) is 1. The van der Waals surface area contributed by atoms with Crippen LogP contribution in [0.2, 0.25) is 0 Å². The van der Waals surface area contributed by atoms with E-state index < -0.39 is 0 Å². The van der Waals surface area contributed by atoms with Crippen molar-refractivity contribution in [3.8, 4) is 5.75 Å². The number of amides is 1. The van der Waals surface area contributed by atoms with Crippen molar-refractivity contribution in [1.82, 2.24) is 10.2 Å². The zero-order valence-electron chi connectivity index (χ0n) is 12.0. The molecule has 2 fully saturated rings. The predicted molar refractivity (Wildman–Crippen MR) is 77.7 cm³/mol. The minimum Gasteiger partial charge on any atom is -0.496 e. The summed E-state index contributed by atoms with van der Waals surface area (Å²) in [6.45, 7) is 2.47. The molecule has 1 atom stereocenters. The largest absolute Gasteiger partial charge is 0.496 e. The third-order valence-electron chi connectivity index (χ3n) is 4.22. The second kappa shape index (κ2) is 5.83. The molecule has 4 nitrogen and oxygen atoms in total. The van der Waals surface area contributed by atoms with E-state index in [1.54, 1.807) is 7.11 Å². The molecule has 1 saturated carbocycles. The van der Waals surface area contributed by atoms with Crippen molar-refractivity contribution in [2.45, 2.75) is 25.3 Å². The predicted octanol–water partition coefficient (Wildman–Crippen LogP) is 1.97. The van der Waals surface area contributed by atoms with Crippen LogP contribution < -0.4 is 10.1 Å². The van der Waals surface area contributed by atoms with Gasteiger partial charge in [0, 0.05) is 31.6 Å². The number of rotatable bonds is 4. The highest BCUT2D eigenvalue weighted by atomic mass is 16.5. The van der Waals surface area contributed by atoms with Crippen LogP contribution in [-0.2, 0) is 4.79 Å². The van der Waals surface area contributed by atoms with Gasteiger partial charge >= 0.3 is 0 Å². The molecule has 1 aliphatic heterocycles. The first-order valence-electron chi connectivity index (χ1n) is 7.42. The van der Waals surface area contributed by atoms with Gasteiger partial charge in [0.25, 0.3) is 0 Å². The van der Waals surface area contributed by atoms with Crippen LogP contribution in [0.1, 0.15) is 30.9 Å². The van der Waals surface area contributed by atoms with Crippen molar-refractivity contribution in [2.75, 3.05) is 26.7 Å². The molecule has 0 unspecified atom stereocenters. The average molecular weight is 274 g/mol. The minimum absolute atomic E-state index is 0.0890. The first-order valence-corrected chi connectivity index (χ1v) is 7.42. The van der Waals surface area contributed by atoms with Crippen molar-refractivity contribution in [3.05, 3.63) is 29.8 Å². The molecule has 1 amide bonds. The van der Waals surface area contributed by atoms with Crippen molar-refractivity contribution in [1.29, 1.82) is 0 Å². The van der Waals surface area contributed by atoms with E-state index in [2.05, 4.69) is 11.4 Å². The third kappa shape index (κ3) is 2.80. The summed E-state index contributed by atoms with van der Waals surface area (Å²) in [5, 5.41) is 3.39. The van der Waals surface area contributed by atoms with Crippen LogP contribution in [0.4, 0.5) is 0 Å². The molecule has 2 aliphatic rings. The van der Waals surface area contributed by atoms with Gasteiger partial charge in [-0.2, -0.15) is 0 Å². The topological polar surface area (TPSA) is 41.6 Å². The molecule has 0 aromatic heterocycles. The summed E-state index contributed by atoms with van der Waals surface area (Å²) in [7, 11) is 1.69. The number of ether oxygens (including phenoxy) is 1. The molecule has 1 aromatic rings. The zero-order valence-corrected chi connectivity index (χ0v) is 12.0. The Morgan fingerprint density at radius 1 is 1.40 bits per heavy atom. The molecule has 0 bridgehead atoms. The van der Waals surface area contributed by atoms with Crippen LogP contribution in [0.25, 0.3) is 0 Å². The van der Waals surface area contributed by atoms with Gasteiger partial charge in [0.2, 0.25) is 5.91 Å². The molecule has 0 radical (unpaired) electrons. The Morgan fingerprint density at radius 2 is 2.20 bits per heavy atom. The van der Waals surface area contributed by atoms with Gasteiger partial charge < -0.3 is 15.0 Å². The Bertz CT molecular complexity index is 485. The summed E-state index contributed by atoms with van der Waals surface area (Å²) in [6, 6.07) is 8.10. The fourth-order valence-electron chi connectivity index (χ4n) is 2.91. The lowest BCUT2D eigenvalue weighted by Crippen LogP contribution is -2.48. The Morgan fingerprint density at radius 3 is 2.95 bits per heavy atom. The molecule has 1 saturated heterocycles. The molecular weight excluding hydrogens is 252 g/mol. The molecule has 3 rings (SSSR count). The van der Waals surface area contributed by atoms with Crippen molar-refractivity contribution >= 4 is 5.91 Å². The summed E-state index contributed by atoms with van der Waals surface area (Å²) < 4.78 is 5.45. The number of carbonyl (C=O) groups excluding carboxylic acids is 1. The summed E-state index contributed by atoms with van der Waals surface area (Å²) in [4.78, 5) is 14.5. The van der Waals surface area contributed by atoms with E-state index in [0.29, 0.717) is 18.2 Å². The van der Waals surface area contributed by atoms with Crippen LogP contribution >= 0.6 is 0 Å². The van der Waals surface area contributed by atoms with E-state index >= 15 is 0 Å². The zero-order chi connectivity index (χ0) is 13.9. The van der Waals surface area contributed by atoms with E-state index in [1.165, 1.54) is 12.8 Å². The number of piperazine rings is 1. The fraction of sp³-hybridized carbons (Fsp3) is 0.562. The van der Waals surface area contributed by atoms with Crippen LogP contribution in [0.15, 0.2) is 24.3 Å². The standard InChI is InChI=1S/C16H22N2O2/c1-20-15-5-3-2-4-13(15)14-11-17-8-9-18(14)16(19)10-12-6-7-12/h2-5,12,14,17H,6-11H2,1H3/t14-/m1/s1. The minimum atomic E-state index is 0.0890. The number of benzene rings is 1. The Balaban J connectivity index is 1.82. The Hall–Kier alpha value is -1.55. The first kappa shape index (κ1) is 13.4. The number of hydrogen-bond donors (Lipinski definition) is 1. The SMILES string of the molecule is COc1ccccc1[C@H]1CNCCN1C(=O)CC1CC1. The van der Waals surface area contributed by atoms with E-state index in [9.17, 15) is 4.79 Å². The van der Waals surface area contributed by atoms with Crippen LogP contribution in [0.5, 0.6) is 5.75 Å². The number of carbonyl (C=O) groups is 1. The maximum Gasteiger partial charge on any atom is 0.223 e. The molecule has 20 heavy (non-hydrogen) atoms. The van der Waals surface area contributed by atoms with Gasteiger partial charge in [0.15, 0.2) is 0 Å². The van der Waals surface area contributed by atoms with Crippen LogP contribution in [-0.4, -0.2) is 37.6 Å². The lowest BCUT2D eigenvalue weighted by atomic mass is 10.0. The highest BCUT2D eigenvalue weighted by molar-refractivity contribution is 5.77. The Kier molecular flexibility index (Phi) is 3.92. The Labute approximate surface area is 120 Å². The van der Waals surface area contributed by atoms with E-state index in [4.69, 9.17) is 4.74 Å². The molecule has 1 N–H and O–H groups in total. The lowest BCUT2D eigenvalue weighted by molar-refractivity contribution is -0.135. The molecule has 0 spiro atoms. The normalized spacial score (nSPS) is 22.6. The van der Waals surface area contributed by atoms with Crippen molar-refractivity contribution in [3.63, 3.8) is 0 Å². The van der Waals surface area contributed by atoms with Gasteiger partial charge in [-0.3, -0.25) is 4.79 Å². The summed E-state index contributed by atoms with van der Waals surface area (Å²) in [5.74, 6) is 1.80. The number of nitrogens with zero attached hydrogens (tertiary/aromatic N) is 1. The molecule has 4 heteroatoms. The van der Waals surface area contributed by atoms with Gasteiger partial charge in [-0.1, -0.05) is 18.2 Å². The maximum absolute atomic E-state index is 12.5. The second-order valence-corrected chi connectivity index (χ2v) is 5.70.